The lowest BCUT2D eigenvalue weighted by atomic mass is 9.64. The highest BCUT2D eigenvalue weighted by atomic mass is 15.1. The first kappa shape index (κ1) is 9.58. The molecule has 0 bridgehead atoms. The molecule has 3 heteroatoms. The van der Waals surface area contributed by atoms with Crippen LogP contribution in [0.5, 0.6) is 0 Å². The minimum Gasteiger partial charge on any atom is -0.300 e. The Morgan fingerprint density at radius 2 is 2.31 bits per heavy atom. The van der Waals surface area contributed by atoms with Crippen molar-refractivity contribution in [3.63, 3.8) is 0 Å². The van der Waals surface area contributed by atoms with E-state index >= 15 is 0 Å². The molecule has 1 aliphatic rings. The summed E-state index contributed by atoms with van der Waals surface area (Å²) in [5.74, 6) is 0. The number of benzene rings is 1. The van der Waals surface area contributed by atoms with Gasteiger partial charge < -0.3 is 4.99 Å². The third kappa shape index (κ3) is 1.28. The van der Waals surface area contributed by atoms with Crippen molar-refractivity contribution in [1.29, 1.82) is 0 Å². The number of aromatic nitrogens is 2. The third-order valence-electron chi connectivity index (χ3n) is 3.78. The summed E-state index contributed by atoms with van der Waals surface area (Å²) >= 11 is 0. The molecule has 1 N–H and O–H groups in total. The fourth-order valence-corrected chi connectivity index (χ4v) is 2.62. The summed E-state index contributed by atoms with van der Waals surface area (Å²) in [6, 6.07) is 6.56. The monoisotopic (exact) mass is 213 g/mol. The van der Waals surface area contributed by atoms with E-state index in [0.29, 0.717) is 0 Å². The van der Waals surface area contributed by atoms with Crippen LogP contribution in [0.3, 0.4) is 0 Å². The molecule has 1 fully saturated rings. The quantitative estimate of drug-likeness (QED) is 0.782. The molecule has 0 saturated heterocycles. The van der Waals surface area contributed by atoms with Gasteiger partial charge in [0.25, 0.3) is 0 Å². The summed E-state index contributed by atoms with van der Waals surface area (Å²) in [7, 11) is 0. The van der Waals surface area contributed by atoms with Crippen LogP contribution in [0, 0.1) is 0 Å². The van der Waals surface area contributed by atoms with E-state index in [-0.39, 0.29) is 5.41 Å². The van der Waals surface area contributed by atoms with Gasteiger partial charge in [0.2, 0.25) is 0 Å². The van der Waals surface area contributed by atoms with Crippen molar-refractivity contribution in [2.75, 3.05) is 6.54 Å². The van der Waals surface area contributed by atoms with E-state index in [9.17, 15) is 0 Å². The lowest BCUT2D eigenvalue weighted by Crippen LogP contribution is -2.37. The Labute approximate surface area is 94.6 Å². The second kappa shape index (κ2) is 3.44. The van der Waals surface area contributed by atoms with Gasteiger partial charge in [-0.2, -0.15) is 5.10 Å². The van der Waals surface area contributed by atoms with E-state index in [0.717, 1.165) is 12.1 Å². The average molecular weight is 213 g/mol. The molecule has 82 valence electrons. The minimum absolute atomic E-state index is 0.251. The number of hydrogen-bond acceptors (Lipinski definition) is 2. The van der Waals surface area contributed by atoms with Gasteiger partial charge in [-0.3, -0.25) is 5.10 Å². The van der Waals surface area contributed by atoms with Crippen LogP contribution < -0.4 is 0 Å². The molecular formula is C13H15N3. The Morgan fingerprint density at radius 1 is 1.44 bits per heavy atom. The fraction of sp³-hybridized carbons (Fsp3) is 0.385. The normalized spacial score (nSPS) is 18.2. The van der Waals surface area contributed by atoms with E-state index < -0.39 is 0 Å². The van der Waals surface area contributed by atoms with Crippen LogP contribution in [0.4, 0.5) is 0 Å². The molecular weight excluding hydrogens is 198 g/mol. The van der Waals surface area contributed by atoms with Gasteiger partial charge in [-0.05, 0) is 31.2 Å². The van der Waals surface area contributed by atoms with E-state index in [1.165, 1.54) is 30.2 Å². The second-order valence-corrected chi connectivity index (χ2v) is 4.69. The summed E-state index contributed by atoms with van der Waals surface area (Å²) in [6.07, 6.45) is 5.62. The van der Waals surface area contributed by atoms with Gasteiger partial charge in [0.05, 0.1) is 11.7 Å². The van der Waals surface area contributed by atoms with Crippen molar-refractivity contribution >= 4 is 17.6 Å². The maximum Gasteiger partial charge on any atom is 0.0653 e. The zero-order valence-corrected chi connectivity index (χ0v) is 9.24. The maximum atomic E-state index is 4.10. The predicted molar refractivity (Wildman–Crippen MR) is 66.0 cm³/mol. The number of nitrogens with one attached hydrogen (secondary N) is 1. The van der Waals surface area contributed by atoms with E-state index in [1.807, 2.05) is 6.20 Å². The molecule has 3 rings (SSSR count). The zero-order chi connectivity index (χ0) is 11.0. The van der Waals surface area contributed by atoms with E-state index in [1.54, 1.807) is 0 Å². The van der Waals surface area contributed by atoms with Gasteiger partial charge in [-0.15, -0.1) is 0 Å². The molecule has 0 unspecified atom stereocenters. The number of H-pyrrole nitrogens is 1. The minimum atomic E-state index is 0.251. The molecule has 1 aliphatic carbocycles. The van der Waals surface area contributed by atoms with Gasteiger partial charge >= 0.3 is 0 Å². The Hall–Kier alpha value is -1.64. The Balaban J connectivity index is 2.06. The maximum absolute atomic E-state index is 4.10. The number of aliphatic imine (C=N–C) groups is 1. The number of nitrogens with zero attached hydrogens (tertiary/aromatic N) is 2. The van der Waals surface area contributed by atoms with E-state index in [2.05, 4.69) is 40.1 Å². The molecule has 3 nitrogen and oxygen atoms in total. The number of hydrogen-bond donors (Lipinski definition) is 1. The first-order valence-corrected chi connectivity index (χ1v) is 5.70. The van der Waals surface area contributed by atoms with Gasteiger partial charge in [0, 0.05) is 17.3 Å². The van der Waals surface area contributed by atoms with Gasteiger partial charge in [-0.1, -0.05) is 18.6 Å². The predicted octanol–water partition coefficient (Wildman–Crippen LogP) is 2.69. The molecule has 16 heavy (non-hydrogen) atoms. The molecule has 0 aliphatic heterocycles. The van der Waals surface area contributed by atoms with Crippen LogP contribution in [0.15, 0.2) is 29.4 Å². The van der Waals surface area contributed by atoms with Gasteiger partial charge in [0.1, 0.15) is 0 Å². The first-order chi connectivity index (χ1) is 7.84. The van der Waals surface area contributed by atoms with Crippen molar-refractivity contribution in [3.05, 3.63) is 30.0 Å². The van der Waals surface area contributed by atoms with Crippen LogP contribution in [-0.2, 0) is 5.41 Å². The van der Waals surface area contributed by atoms with Crippen LogP contribution in [0.25, 0.3) is 10.9 Å². The summed E-state index contributed by atoms with van der Waals surface area (Å²) in [5, 5.41) is 8.25. The van der Waals surface area contributed by atoms with Crippen molar-refractivity contribution in [1.82, 2.24) is 10.2 Å². The highest BCUT2D eigenvalue weighted by Crippen LogP contribution is 2.44. The average Bonchev–Trinajstić information content (AvgIpc) is 2.70. The zero-order valence-electron chi connectivity index (χ0n) is 9.24. The highest BCUT2D eigenvalue weighted by molar-refractivity contribution is 5.78. The van der Waals surface area contributed by atoms with Crippen LogP contribution in [0.2, 0.25) is 0 Å². The molecule has 1 aromatic heterocycles. The van der Waals surface area contributed by atoms with Crippen molar-refractivity contribution in [3.8, 4) is 0 Å². The summed E-state index contributed by atoms with van der Waals surface area (Å²) in [4.78, 5) is 4.10. The molecule has 1 aromatic carbocycles. The lowest BCUT2D eigenvalue weighted by Gasteiger charge is -2.41. The molecule has 1 heterocycles. The SMILES string of the molecule is C=NCC1(c2ccc3cn[nH]c3c2)CCC1. The fourth-order valence-electron chi connectivity index (χ4n) is 2.62. The van der Waals surface area contributed by atoms with Crippen molar-refractivity contribution < 1.29 is 0 Å². The smallest absolute Gasteiger partial charge is 0.0653 e. The Morgan fingerprint density at radius 3 is 3.00 bits per heavy atom. The number of fused-ring (bicyclic) bond motifs is 1. The van der Waals surface area contributed by atoms with Gasteiger partial charge in [0.15, 0.2) is 0 Å². The lowest BCUT2D eigenvalue weighted by molar-refractivity contribution is 0.254. The van der Waals surface area contributed by atoms with Crippen molar-refractivity contribution in [2.45, 2.75) is 24.7 Å². The van der Waals surface area contributed by atoms with Crippen LogP contribution >= 0.6 is 0 Å². The van der Waals surface area contributed by atoms with Crippen LogP contribution in [0.1, 0.15) is 24.8 Å². The Kier molecular flexibility index (Phi) is 2.06. The molecule has 2 aromatic rings. The van der Waals surface area contributed by atoms with Crippen LogP contribution in [-0.4, -0.2) is 23.5 Å². The molecule has 0 atom stereocenters. The largest absolute Gasteiger partial charge is 0.300 e. The highest BCUT2D eigenvalue weighted by Gasteiger charge is 2.38. The summed E-state index contributed by atoms with van der Waals surface area (Å²) in [6.45, 7) is 4.48. The third-order valence-corrected chi connectivity index (χ3v) is 3.78. The summed E-state index contributed by atoms with van der Waals surface area (Å²) in [5.41, 5.74) is 2.75. The number of rotatable bonds is 3. The molecule has 1 saturated carbocycles. The van der Waals surface area contributed by atoms with Crippen molar-refractivity contribution in [2.24, 2.45) is 4.99 Å². The standard InChI is InChI=1S/C13H15N3/c1-14-9-13(5-2-6-13)11-4-3-10-8-15-16-12(10)7-11/h3-4,7-8H,1-2,5-6,9H2,(H,15,16). The molecule has 0 amide bonds. The Bertz CT molecular complexity index is 523. The molecule has 0 spiro atoms. The topological polar surface area (TPSA) is 41.0 Å². The second-order valence-electron chi connectivity index (χ2n) is 4.69. The van der Waals surface area contributed by atoms with E-state index in [4.69, 9.17) is 0 Å². The molecule has 0 radical (unpaired) electrons. The number of aromatic amines is 1. The summed E-state index contributed by atoms with van der Waals surface area (Å²) < 4.78 is 0. The first-order valence-electron chi connectivity index (χ1n) is 5.70. The van der Waals surface area contributed by atoms with Gasteiger partial charge in [-0.25, -0.2) is 0 Å².